The van der Waals surface area contributed by atoms with Crippen molar-refractivity contribution in [3.8, 4) is 5.75 Å². The lowest BCUT2D eigenvalue weighted by atomic mass is 9.73. The monoisotopic (exact) mass is 444 g/mol. The van der Waals surface area contributed by atoms with Gasteiger partial charge in [-0.05, 0) is 73.9 Å². The van der Waals surface area contributed by atoms with Crippen molar-refractivity contribution in [3.63, 3.8) is 0 Å². The van der Waals surface area contributed by atoms with Crippen molar-refractivity contribution >= 4 is 23.2 Å². The molecule has 0 unspecified atom stereocenters. The Labute approximate surface area is 193 Å². The van der Waals surface area contributed by atoms with Crippen molar-refractivity contribution in [1.29, 1.82) is 0 Å². The van der Waals surface area contributed by atoms with Crippen LogP contribution in [0.15, 0.2) is 78.9 Å². The summed E-state index contributed by atoms with van der Waals surface area (Å²) in [5.74, 6) is 0.485. The molecule has 2 N–H and O–H groups in total. The van der Waals surface area contributed by atoms with E-state index in [-0.39, 0.29) is 11.8 Å². The Hall–Kier alpha value is -3.64. The van der Waals surface area contributed by atoms with Gasteiger partial charge in [0.2, 0.25) is 5.91 Å². The van der Waals surface area contributed by atoms with Crippen LogP contribution in [0.5, 0.6) is 5.75 Å². The van der Waals surface area contributed by atoms with Gasteiger partial charge in [0.25, 0.3) is 5.91 Å². The lowest BCUT2D eigenvalue weighted by Gasteiger charge is -2.36. The summed E-state index contributed by atoms with van der Waals surface area (Å²) < 4.78 is 10.9. The van der Waals surface area contributed by atoms with Crippen LogP contribution in [-0.4, -0.2) is 31.6 Å². The Morgan fingerprint density at radius 1 is 0.848 bits per heavy atom. The predicted molar refractivity (Wildman–Crippen MR) is 129 cm³/mol. The molecular weight excluding hydrogens is 416 g/mol. The van der Waals surface area contributed by atoms with Crippen LogP contribution < -0.4 is 15.4 Å². The van der Waals surface area contributed by atoms with E-state index in [0.717, 1.165) is 11.3 Å². The lowest BCUT2D eigenvalue weighted by molar-refractivity contribution is -0.125. The van der Waals surface area contributed by atoms with Gasteiger partial charge in [-0.3, -0.25) is 9.59 Å². The molecule has 0 bridgehead atoms. The van der Waals surface area contributed by atoms with Gasteiger partial charge in [0.15, 0.2) is 0 Å². The maximum Gasteiger partial charge on any atom is 0.255 e. The predicted octanol–water partition coefficient (Wildman–Crippen LogP) is 5.02. The highest BCUT2D eigenvalue weighted by molar-refractivity contribution is 6.05. The molecule has 0 atom stereocenters. The third-order valence-electron chi connectivity index (χ3n) is 5.94. The molecule has 1 fully saturated rings. The molecule has 33 heavy (non-hydrogen) atoms. The normalized spacial score (nSPS) is 14.8. The first-order valence-corrected chi connectivity index (χ1v) is 11.2. The quantitative estimate of drug-likeness (QED) is 0.536. The maximum absolute atomic E-state index is 13.4. The molecule has 0 radical (unpaired) electrons. The van der Waals surface area contributed by atoms with Crippen LogP contribution in [0.2, 0.25) is 0 Å². The summed E-state index contributed by atoms with van der Waals surface area (Å²) in [7, 11) is 0. The van der Waals surface area contributed by atoms with Crippen LogP contribution in [0.25, 0.3) is 0 Å². The molecule has 1 saturated heterocycles. The first-order chi connectivity index (χ1) is 16.1. The Balaban J connectivity index is 1.43. The summed E-state index contributed by atoms with van der Waals surface area (Å²) in [5, 5.41) is 5.92. The average molecular weight is 445 g/mol. The summed E-state index contributed by atoms with van der Waals surface area (Å²) in [4.78, 5) is 26.0. The standard InChI is InChI=1S/C27H28N2O4/c1-2-33-24-14-12-22(13-15-24)28-25(30)20-8-10-23(11-9-20)29-26(31)27(16-18-32-19-17-27)21-6-4-3-5-7-21/h3-15H,2,16-19H2,1H3,(H,28,30)(H,29,31). The molecule has 6 heteroatoms. The van der Waals surface area contributed by atoms with Gasteiger partial charge in [0.1, 0.15) is 5.75 Å². The molecule has 1 heterocycles. The highest BCUT2D eigenvalue weighted by Crippen LogP contribution is 2.36. The van der Waals surface area contributed by atoms with Crippen LogP contribution in [0.4, 0.5) is 11.4 Å². The van der Waals surface area contributed by atoms with E-state index in [1.807, 2.05) is 49.4 Å². The van der Waals surface area contributed by atoms with Gasteiger partial charge in [0, 0.05) is 30.2 Å². The van der Waals surface area contributed by atoms with Crippen molar-refractivity contribution in [2.24, 2.45) is 0 Å². The summed E-state index contributed by atoms with van der Waals surface area (Å²) >= 11 is 0. The number of hydrogen-bond acceptors (Lipinski definition) is 4. The number of ether oxygens (including phenoxy) is 2. The molecule has 1 aliphatic rings. The first kappa shape index (κ1) is 22.6. The largest absolute Gasteiger partial charge is 0.494 e. The van der Waals surface area contributed by atoms with Crippen molar-refractivity contribution in [2.75, 3.05) is 30.5 Å². The molecule has 0 aromatic heterocycles. The Morgan fingerprint density at radius 2 is 1.45 bits per heavy atom. The molecule has 0 saturated carbocycles. The summed E-state index contributed by atoms with van der Waals surface area (Å²) in [5.41, 5.74) is 2.22. The van der Waals surface area contributed by atoms with Crippen molar-refractivity contribution < 1.29 is 19.1 Å². The van der Waals surface area contributed by atoms with E-state index in [1.165, 1.54) is 0 Å². The van der Waals surface area contributed by atoms with Gasteiger partial charge in [-0.25, -0.2) is 0 Å². The fourth-order valence-corrected chi connectivity index (χ4v) is 4.08. The van der Waals surface area contributed by atoms with Gasteiger partial charge < -0.3 is 20.1 Å². The fourth-order valence-electron chi connectivity index (χ4n) is 4.08. The molecular formula is C27H28N2O4. The van der Waals surface area contributed by atoms with E-state index in [9.17, 15) is 9.59 Å². The van der Waals surface area contributed by atoms with Gasteiger partial charge in [-0.15, -0.1) is 0 Å². The highest BCUT2D eigenvalue weighted by atomic mass is 16.5. The third kappa shape index (κ3) is 5.23. The van der Waals surface area contributed by atoms with Gasteiger partial charge in [-0.1, -0.05) is 30.3 Å². The summed E-state index contributed by atoms with van der Waals surface area (Å²) in [6, 6.07) is 24.0. The smallest absolute Gasteiger partial charge is 0.255 e. The zero-order chi connectivity index (χ0) is 23.1. The Bertz CT molecular complexity index is 1070. The second kappa shape index (κ2) is 10.3. The third-order valence-corrected chi connectivity index (χ3v) is 5.94. The maximum atomic E-state index is 13.4. The fraction of sp³-hybridized carbons (Fsp3) is 0.259. The van der Waals surface area contributed by atoms with E-state index >= 15 is 0 Å². The van der Waals surface area contributed by atoms with E-state index in [0.29, 0.717) is 49.6 Å². The van der Waals surface area contributed by atoms with E-state index < -0.39 is 5.41 Å². The van der Waals surface area contributed by atoms with Crippen LogP contribution in [0.3, 0.4) is 0 Å². The molecule has 0 spiro atoms. The second-order valence-corrected chi connectivity index (χ2v) is 8.00. The molecule has 3 aromatic carbocycles. The number of hydrogen-bond donors (Lipinski definition) is 2. The molecule has 0 aliphatic carbocycles. The number of anilines is 2. The van der Waals surface area contributed by atoms with Crippen molar-refractivity contribution in [1.82, 2.24) is 0 Å². The summed E-state index contributed by atoms with van der Waals surface area (Å²) in [6.07, 6.45) is 1.26. The lowest BCUT2D eigenvalue weighted by Crippen LogP contribution is -2.44. The zero-order valence-electron chi connectivity index (χ0n) is 18.7. The molecule has 1 aliphatic heterocycles. The SMILES string of the molecule is CCOc1ccc(NC(=O)c2ccc(NC(=O)C3(c4ccccc4)CCOCC3)cc2)cc1. The molecule has 6 nitrogen and oxygen atoms in total. The number of nitrogens with one attached hydrogen (secondary N) is 2. The van der Waals surface area contributed by atoms with Crippen LogP contribution in [0, 0.1) is 0 Å². The number of carbonyl (C=O) groups excluding carboxylic acids is 2. The van der Waals surface area contributed by atoms with Crippen molar-refractivity contribution in [2.45, 2.75) is 25.2 Å². The van der Waals surface area contributed by atoms with Gasteiger partial charge in [-0.2, -0.15) is 0 Å². The zero-order valence-corrected chi connectivity index (χ0v) is 18.7. The molecule has 2 amide bonds. The highest BCUT2D eigenvalue weighted by Gasteiger charge is 2.41. The van der Waals surface area contributed by atoms with Crippen LogP contribution in [-0.2, 0) is 14.9 Å². The second-order valence-electron chi connectivity index (χ2n) is 8.00. The molecule has 170 valence electrons. The topological polar surface area (TPSA) is 76.7 Å². The summed E-state index contributed by atoms with van der Waals surface area (Å²) in [6.45, 7) is 3.61. The molecule has 4 rings (SSSR count). The number of amides is 2. The van der Waals surface area contributed by atoms with E-state index in [1.54, 1.807) is 36.4 Å². The van der Waals surface area contributed by atoms with E-state index in [4.69, 9.17) is 9.47 Å². The van der Waals surface area contributed by atoms with E-state index in [2.05, 4.69) is 10.6 Å². The average Bonchev–Trinajstić information content (AvgIpc) is 2.87. The first-order valence-electron chi connectivity index (χ1n) is 11.2. The van der Waals surface area contributed by atoms with Crippen LogP contribution >= 0.6 is 0 Å². The molecule has 3 aromatic rings. The Kier molecular flexibility index (Phi) is 7.05. The Morgan fingerprint density at radius 3 is 2.09 bits per heavy atom. The van der Waals surface area contributed by atoms with Gasteiger partial charge >= 0.3 is 0 Å². The van der Waals surface area contributed by atoms with Crippen molar-refractivity contribution in [3.05, 3.63) is 90.0 Å². The van der Waals surface area contributed by atoms with Crippen LogP contribution in [0.1, 0.15) is 35.7 Å². The minimum absolute atomic E-state index is 0.0522. The number of rotatable bonds is 7. The minimum atomic E-state index is -0.622. The number of carbonyl (C=O) groups is 2. The minimum Gasteiger partial charge on any atom is -0.494 e. The number of benzene rings is 3. The van der Waals surface area contributed by atoms with Gasteiger partial charge in [0.05, 0.1) is 12.0 Å².